The Morgan fingerprint density at radius 3 is 2.42 bits per heavy atom. The van der Waals surface area contributed by atoms with E-state index in [2.05, 4.69) is 5.32 Å². The van der Waals surface area contributed by atoms with Gasteiger partial charge in [0.15, 0.2) is 0 Å². The molecule has 24 heavy (non-hydrogen) atoms. The summed E-state index contributed by atoms with van der Waals surface area (Å²) in [5.41, 5.74) is 0.772. The highest BCUT2D eigenvalue weighted by atomic mass is 35.5. The van der Waals surface area contributed by atoms with Crippen LogP contribution in [0.25, 0.3) is 0 Å². The van der Waals surface area contributed by atoms with Gasteiger partial charge in [-0.25, -0.2) is 0 Å². The minimum Gasteiger partial charge on any atom is -0.354 e. The third kappa shape index (κ3) is 6.33. The molecule has 0 bridgehead atoms. The summed E-state index contributed by atoms with van der Waals surface area (Å²) in [7, 11) is 0. The lowest BCUT2D eigenvalue weighted by Crippen LogP contribution is -2.48. The SMILES string of the molecule is CCCC(=O)N(Cc1ccc(Cl)cc1Cl)[C@@H](C)C(=O)NCC(C)C. The van der Waals surface area contributed by atoms with Gasteiger partial charge in [0.2, 0.25) is 11.8 Å². The van der Waals surface area contributed by atoms with Crippen molar-refractivity contribution in [1.29, 1.82) is 0 Å². The van der Waals surface area contributed by atoms with E-state index in [4.69, 9.17) is 23.2 Å². The predicted octanol–water partition coefficient (Wildman–Crippen LogP) is 4.28. The van der Waals surface area contributed by atoms with E-state index in [0.717, 1.165) is 12.0 Å². The first-order valence-corrected chi connectivity index (χ1v) is 9.02. The minimum atomic E-state index is -0.561. The zero-order valence-corrected chi connectivity index (χ0v) is 16.2. The number of carbonyl (C=O) groups excluding carboxylic acids is 2. The lowest BCUT2D eigenvalue weighted by molar-refractivity contribution is -0.140. The molecular weight excluding hydrogens is 347 g/mol. The molecule has 0 aliphatic rings. The monoisotopic (exact) mass is 372 g/mol. The van der Waals surface area contributed by atoms with Crippen LogP contribution in [-0.2, 0) is 16.1 Å². The molecule has 0 aliphatic carbocycles. The van der Waals surface area contributed by atoms with Crippen LogP contribution in [0.4, 0.5) is 0 Å². The summed E-state index contributed by atoms with van der Waals surface area (Å²) in [6, 6.07) is 4.60. The maximum absolute atomic E-state index is 12.5. The van der Waals surface area contributed by atoms with Crippen molar-refractivity contribution in [2.45, 2.75) is 53.1 Å². The first-order chi connectivity index (χ1) is 11.3. The molecule has 1 rings (SSSR count). The Morgan fingerprint density at radius 1 is 1.21 bits per heavy atom. The van der Waals surface area contributed by atoms with Gasteiger partial charge in [-0.05, 0) is 37.0 Å². The number of halogens is 2. The Hall–Kier alpha value is -1.26. The fourth-order valence-corrected chi connectivity index (χ4v) is 2.69. The Morgan fingerprint density at radius 2 is 1.88 bits per heavy atom. The molecule has 0 aromatic heterocycles. The van der Waals surface area contributed by atoms with Crippen molar-refractivity contribution >= 4 is 35.0 Å². The maximum Gasteiger partial charge on any atom is 0.242 e. The second-order valence-electron chi connectivity index (χ2n) is 6.32. The van der Waals surface area contributed by atoms with Crippen molar-refractivity contribution in [3.05, 3.63) is 33.8 Å². The van der Waals surface area contributed by atoms with Crippen LogP contribution in [0.2, 0.25) is 10.0 Å². The topological polar surface area (TPSA) is 49.4 Å². The third-order valence-electron chi connectivity index (χ3n) is 3.67. The van der Waals surface area contributed by atoms with E-state index in [1.54, 1.807) is 30.0 Å². The van der Waals surface area contributed by atoms with E-state index in [1.165, 1.54) is 0 Å². The van der Waals surface area contributed by atoms with E-state index in [-0.39, 0.29) is 18.4 Å². The van der Waals surface area contributed by atoms with Gasteiger partial charge in [0, 0.05) is 29.6 Å². The second-order valence-corrected chi connectivity index (χ2v) is 7.17. The zero-order valence-electron chi connectivity index (χ0n) is 14.7. The summed E-state index contributed by atoms with van der Waals surface area (Å²) in [4.78, 5) is 26.4. The van der Waals surface area contributed by atoms with Gasteiger partial charge in [-0.15, -0.1) is 0 Å². The third-order valence-corrected chi connectivity index (χ3v) is 4.26. The molecule has 6 heteroatoms. The quantitative estimate of drug-likeness (QED) is 0.739. The number of carbonyl (C=O) groups is 2. The van der Waals surface area contributed by atoms with Gasteiger partial charge in [-0.3, -0.25) is 9.59 Å². The second kappa shape index (κ2) is 9.90. The van der Waals surface area contributed by atoms with Crippen molar-refractivity contribution in [2.24, 2.45) is 5.92 Å². The molecule has 1 N–H and O–H groups in total. The van der Waals surface area contributed by atoms with Crippen LogP contribution in [0.3, 0.4) is 0 Å². The van der Waals surface area contributed by atoms with Crippen molar-refractivity contribution in [3.63, 3.8) is 0 Å². The van der Waals surface area contributed by atoms with Gasteiger partial charge in [0.25, 0.3) is 0 Å². The van der Waals surface area contributed by atoms with Gasteiger partial charge in [0.05, 0.1) is 0 Å². The number of rotatable bonds is 8. The smallest absolute Gasteiger partial charge is 0.242 e. The van der Waals surface area contributed by atoms with Crippen molar-refractivity contribution < 1.29 is 9.59 Å². The Labute approximate surface area is 154 Å². The summed E-state index contributed by atoms with van der Waals surface area (Å²) in [5, 5.41) is 3.91. The minimum absolute atomic E-state index is 0.0595. The number of nitrogens with zero attached hydrogens (tertiary/aromatic N) is 1. The Kier molecular flexibility index (Phi) is 8.57. The van der Waals surface area contributed by atoms with Crippen LogP contribution in [0, 0.1) is 5.92 Å². The number of amides is 2. The summed E-state index contributed by atoms with van der Waals surface area (Å²) >= 11 is 12.1. The Bertz CT molecular complexity index is 576. The van der Waals surface area contributed by atoms with Crippen LogP contribution in [-0.4, -0.2) is 29.3 Å². The van der Waals surface area contributed by atoms with Crippen molar-refractivity contribution in [2.75, 3.05) is 6.54 Å². The fraction of sp³-hybridized carbons (Fsp3) is 0.556. The van der Waals surface area contributed by atoms with Crippen LogP contribution in [0.5, 0.6) is 0 Å². The average molecular weight is 373 g/mol. The molecule has 0 heterocycles. The largest absolute Gasteiger partial charge is 0.354 e. The first-order valence-electron chi connectivity index (χ1n) is 8.27. The molecule has 0 fully saturated rings. The van der Waals surface area contributed by atoms with E-state index in [0.29, 0.717) is 28.9 Å². The van der Waals surface area contributed by atoms with Crippen LogP contribution in [0.1, 0.15) is 46.1 Å². The van der Waals surface area contributed by atoms with Crippen molar-refractivity contribution in [1.82, 2.24) is 10.2 Å². The van der Waals surface area contributed by atoms with Crippen LogP contribution >= 0.6 is 23.2 Å². The van der Waals surface area contributed by atoms with E-state index >= 15 is 0 Å². The molecule has 0 unspecified atom stereocenters. The van der Waals surface area contributed by atoms with Gasteiger partial charge < -0.3 is 10.2 Å². The normalized spacial score (nSPS) is 12.1. The van der Waals surface area contributed by atoms with Gasteiger partial charge in [0.1, 0.15) is 6.04 Å². The molecule has 2 amide bonds. The standard InChI is InChI=1S/C18H26Cl2N2O2/c1-5-6-17(23)22(13(4)18(24)21-10-12(2)3)11-14-7-8-15(19)9-16(14)20/h7-9,12-13H,5-6,10-11H2,1-4H3,(H,21,24)/t13-/m0/s1. The number of nitrogens with one attached hydrogen (secondary N) is 1. The molecular formula is C18H26Cl2N2O2. The summed E-state index contributed by atoms with van der Waals surface area (Å²) in [6.45, 7) is 8.60. The van der Waals surface area contributed by atoms with Crippen LogP contribution in [0.15, 0.2) is 18.2 Å². The number of hydrogen-bond donors (Lipinski definition) is 1. The highest BCUT2D eigenvalue weighted by Crippen LogP contribution is 2.23. The molecule has 0 aliphatic heterocycles. The Balaban J connectivity index is 2.94. The average Bonchev–Trinajstić information content (AvgIpc) is 2.51. The molecule has 0 radical (unpaired) electrons. The lowest BCUT2D eigenvalue weighted by Gasteiger charge is -2.29. The number of benzene rings is 1. The first kappa shape index (κ1) is 20.8. The van der Waals surface area contributed by atoms with Crippen LogP contribution < -0.4 is 5.32 Å². The molecule has 1 aromatic rings. The molecule has 0 saturated carbocycles. The van der Waals surface area contributed by atoms with Gasteiger partial charge in [-0.1, -0.05) is 50.0 Å². The number of hydrogen-bond acceptors (Lipinski definition) is 2. The van der Waals surface area contributed by atoms with Gasteiger partial charge >= 0.3 is 0 Å². The van der Waals surface area contributed by atoms with E-state index in [9.17, 15) is 9.59 Å². The highest BCUT2D eigenvalue weighted by Gasteiger charge is 2.26. The molecule has 1 aromatic carbocycles. The van der Waals surface area contributed by atoms with Crippen molar-refractivity contribution in [3.8, 4) is 0 Å². The fourth-order valence-electron chi connectivity index (χ4n) is 2.23. The predicted molar refractivity (Wildman–Crippen MR) is 99.2 cm³/mol. The zero-order chi connectivity index (χ0) is 18.3. The molecule has 0 spiro atoms. The van der Waals surface area contributed by atoms with E-state index < -0.39 is 6.04 Å². The summed E-state index contributed by atoms with van der Waals surface area (Å²) in [5.74, 6) is 0.139. The maximum atomic E-state index is 12.5. The van der Waals surface area contributed by atoms with E-state index in [1.807, 2.05) is 20.8 Å². The highest BCUT2D eigenvalue weighted by molar-refractivity contribution is 6.35. The molecule has 1 atom stereocenters. The molecule has 134 valence electrons. The van der Waals surface area contributed by atoms with Gasteiger partial charge in [-0.2, -0.15) is 0 Å². The summed E-state index contributed by atoms with van der Waals surface area (Å²) < 4.78 is 0. The summed E-state index contributed by atoms with van der Waals surface area (Å²) in [6.07, 6.45) is 1.12. The molecule has 4 nitrogen and oxygen atoms in total. The lowest BCUT2D eigenvalue weighted by atomic mass is 10.1. The molecule has 0 saturated heterocycles.